The van der Waals surface area contributed by atoms with Crippen molar-refractivity contribution in [2.75, 3.05) is 0 Å². The molecule has 1 aliphatic heterocycles. The molecule has 0 unspecified atom stereocenters. The van der Waals surface area contributed by atoms with E-state index in [1.807, 2.05) is 30.3 Å². The van der Waals surface area contributed by atoms with Gasteiger partial charge in [0.05, 0.1) is 0 Å². The standard InChI is InChI=1S/C17H24BrO2P/c1-16(2,3)14-13(18)15(17(4,5)6)21(19,20-14)12-10-8-7-9-11-12/h7-11,14H,1-6H3/t14-,21+/m0/s1. The number of halogens is 1. The molecule has 0 aliphatic carbocycles. The van der Waals surface area contributed by atoms with Gasteiger partial charge in [0.2, 0.25) is 0 Å². The summed E-state index contributed by atoms with van der Waals surface area (Å²) < 4.78 is 20.9. The van der Waals surface area contributed by atoms with E-state index >= 15 is 0 Å². The lowest BCUT2D eigenvalue weighted by Gasteiger charge is -2.28. The SMILES string of the molecule is CC(C)(C)C1=C(Br)[C@@H](C(C)(C)C)O[P@]1(=O)c1ccccc1. The monoisotopic (exact) mass is 370 g/mol. The van der Waals surface area contributed by atoms with E-state index in [1.54, 1.807) is 0 Å². The Kier molecular flexibility index (Phi) is 4.34. The zero-order valence-corrected chi connectivity index (χ0v) is 16.1. The van der Waals surface area contributed by atoms with Crippen molar-refractivity contribution >= 4 is 28.6 Å². The summed E-state index contributed by atoms with van der Waals surface area (Å²) in [5, 5.41) is 1.68. The van der Waals surface area contributed by atoms with Gasteiger partial charge in [-0.15, -0.1) is 0 Å². The van der Waals surface area contributed by atoms with Crippen LogP contribution in [0.25, 0.3) is 0 Å². The molecule has 1 aliphatic rings. The molecular formula is C17H24BrO2P. The highest BCUT2D eigenvalue weighted by molar-refractivity contribution is 9.11. The first-order valence-corrected chi connectivity index (χ1v) is 9.64. The molecule has 0 bridgehead atoms. The van der Waals surface area contributed by atoms with Gasteiger partial charge in [-0.05, 0) is 23.0 Å². The molecule has 0 N–H and O–H groups in total. The Bertz CT molecular complexity index is 606. The third kappa shape index (κ3) is 3.06. The van der Waals surface area contributed by atoms with E-state index in [0.717, 1.165) is 15.1 Å². The summed E-state index contributed by atoms with van der Waals surface area (Å²) in [6.07, 6.45) is -0.183. The van der Waals surface area contributed by atoms with Crippen LogP contribution in [-0.4, -0.2) is 6.10 Å². The van der Waals surface area contributed by atoms with Gasteiger partial charge in [-0.2, -0.15) is 0 Å². The van der Waals surface area contributed by atoms with Crippen molar-refractivity contribution in [1.82, 2.24) is 0 Å². The maximum atomic E-state index is 13.8. The highest BCUT2D eigenvalue weighted by atomic mass is 79.9. The van der Waals surface area contributed by atoms with Crippen molar-refractivity contribution in [3.8, 4) is 0 Å². The zero-order valence-electron chi connectivity index (χ0n) is 13.6. The van der Waals surface area contributed by atoms with Crippen LogP contribution >= 0.6 is 23.3 Å². The third-order valence-electron chi connectivity index (χ3n) is 3.60. The number of benzene rings is 1. The number of hydrogen-bond acceptors (Lipinski definition) is 2. The van der Waals surface area contributed by atoms with Crippen LogP contribution in [0.15, 0.2) is 40.1 Å². The molecule has 0 saturated carbocycles. The average molecular weight is 371 g/mol. The first kappa shape index (κ1) is 17.0. The summed E-state index contributed by atoms with van der Waals surface area (Å²) in [6.45, 7) is 12.6. The van der Waals surface area contributed by atoms with Gasteiger partial charge in [0.25, 0.3) is 7.37 Å². The predicted octanol–water partition coefficient (Wildman–Crippen LogP) is 5.69. The van der Waals surface area contributed by atoms with Crippen molar-refractivity contribution in [3.05, 3.63) is 40.1 Å². The Hall–Kier alpha value is -0.370. The number of allylic oxidation sites excluding steroid dienone is 1. The van der Waals surface area contributed by atoms with E-state index in [2.05, 4.69) is 57.5 Å². The van der Waals surface area contributed by atoms with E-state index in [9.17, 15) is 4.57 Å². The van der Waals surface area contributed by atoms with Crippen molar-refractivity contribution in [1.29, 1.82) is 0 Å². The molecule has 0 spiro atoms. The number of rotatable bonds is 1. The molecule has 0 fully saturated rings. The van der Waals surface area contributed by atoms with Crippen LogP contribution in [-0.2, 0) is 9.09 Å². The Morgan fingerprint density at radius 3 is 2.00 bits per heavy atom. The summed E-state index contributed by atoms with van der Waals surface area (Å²) in [5.41, 5.74) is -0.333. The summed E-state index contributed by atoms with van der Waals surface area (Å²) in [5.74, 6) is 0. The fraction of sp³-hybridized carbons (Fsp3) is 0.529. The third-order valence-corrected chi connectivity index (χ3v) is 7.70. The summed E-state index contributed by atoms with van der Waals surface area (Å²) in [7, 11) is -3.03. The van der Waals surface area contributed by atoms with Gasteiger partial charge < -0.3 is 4.52 Å². The number of hydrogen-bond donors (Lipinski definition) is 0. The molecule has 1 heterocycles. The Morgan fingerprint density at radius 1 is 1.05 bits per heavy atom. The Labute approximate surface area is 136 Å². The fourth-order valence-corrected chi connectivity index (χ4v) is 7.93. The van der Waals surface area contributed by atoms with Gasteiger partial charge in [-0.3, -0.25) is 4.57 Å². The van der Waals surface area contributed by atoms with E-state index in [-0.39, 0.29) is 16.9 Å². The highest BCUT2D eigenvalue weighted by Gasteiger charge is 2.51. The smallest absolute Gasteiger partial charge is 0.259 e. The fourth-order valence-electron chi connectivity index (χ4n) is 2.66. The van der Waals surface area contributed by atoms with Gasteiger partial charge in [0.15, 0.2) is 0 Å². The molecule has 116 valence electrons. The molecular weight excluding hydrogens is 347 g/mol. The lowest BCUT2D eigenvalue weighted by atomic mass is 9.86. The van der Waals surface area contributed by atoms with Crippen molar-refractivity contribution in [3.63, 3.8) is 0 Å². The minimum absolute atomic E-state index is 0.115. The highest BCUT2D eigenvalue weighted by Crippen LogP contribution is 2.69. The molecule has 2 atom stereocenters. The molecule has 2 nitrogen and oxygen atoms in total. The van der Waals surface area contributed by atoms with E-state index in [4.69, 9.17) is 4.52 Å². The Morgan fingerprint density at radius 2 is 1.57 bits per heavy atom. The van der Waals surface area contributed by atoms with Gasteiger partial charge in [-0.1, -0.05) is 75.7 Å². The van der Waals surface area contributed by atoms with E-state index in [0.29, 0.717) is 0 Å². The van der Waals surface area contributed by atoms with Crippen molar-refractivity contribution in [2.45, 2.75) is 47.6 Å². The lowest BCUT2D eigenvalue weighted by Crippen LogP contribution is -2.26. The predicted molar refractivity (Wildman–Crippen MR) is 93.4 cm³/mol. The van der Waals surface area contributed by atoms with E-state index < -0.39 is 7.37 Å². The van der Waals surface area contributed by atoms with E-state index in [1.165, 1.54) is 0 Å². The topological polar surface area (TPSA) is 26.3 Å². The molecule has 0 saturated heterocycles. The average Bonchev–Trinajstić information content (AvgIpc) is 2.63. The molecule has 0 radical (unpaired) electrons. The second kappa shape index (κ2) is 5.37. The Balaban J connectivity index is 2.66. The van der Waals surface area contributed by atoms with Crippen LogP contribution < -0.4 is 5.30 Å². The molecule has 2 rings (SSSR count). The minimum atomic E-state index is -3.03. The van der Waals surface area contributed by atoms with Gasteiger partial charge in [-0.25, -0.2) is 0 Å². The minimum Gasteiger partial charge on any atom is -0.313 e. The first-order valence-electron chi connectivity index (χ1n) is 7.23. The maximum Gasteiger partial charge on any atom is 0.259 e. The molecule has 21 heavy (non-hydrogen) atoms. The first-order chi connectivity index (χ1) is 9.48. The second-order valence-corrected chi connectivity index (χ2v) is 10.8. The summed E-state index contributed by atoms with van der Waals surface area (Å²) >= 11 is 3.70. The zero-order chi connectivity index (χ0) is 16.1. The van der Waals surface area contributed by atoms with Crippen molar-refractivity contribution < 1.29 is 9.09 Å². The van der Waals surface area contributed by atoms with Crippen LogP contribution in [0.3, 0.4) is 0 Å². The molecule has 1 aromatic rings. The van der Waals surface area contributed by atoms with Crippen LogP contribution in [0.2, 0.25) is 0 Å². The molecule has 0 amide bonds. The second-order valence-electron chi connectivity index (χ2n) is 7.69. The van der Waals surface area contributed by atoms with Gasteiger partial charge >= 0.3 is 0 Å². The largest absolute Gasteiger partial charge is 0.313 e. The van der Waals surface area contributed by atoms with Crippen molar-refractivity contribution in [2.24, 2.45) is 10.8 Å². The summed E-state index contributed by atoms with van der Waals surface area (Å²) in [6, 6.07) is 9.56. The van der Waals surface area contributed by atoms with Crippen LogP contribution in [0.1, 0.15) is 41.5 Å². The summed E-state index contributed by atoms with van der Waals surface area (Å²) in [4.78, 5) is 0. The lowest BCUT2D eigenvalue weighted by molar-refractivity contribution is 0.141. The van der Waals surface area contributed by atoms with Gasteiger partial charge in [0.1, 0.15) is 6.10 Å². The normalized spacial score (nSPS) is 27.3. The van der Waals surface area contributed by atoms with Crippen LogP contribution in [0.4, 0.5) is 0 Å². The molecule has 0 aromatic heterocycles. The van der Waals surface area contributed by atoms with Gasteiger partial charge in [0, 0.05) is 15.1 Å². The van der Waals surface area contributed by atoms with Crippen LogP contribution in [0, 0.1) is 10.8 Å². The molecule has 4 heteroatoms. The quantitative estimate of drug-likeness (QED) is 0.593. The molecule has 1 aromatic carbocycles. The van der Waals surface area contributed by atoms with Crippen LogP contribution in [0.5, 0.6) is 0 Å². The maximum absolute atomic E-state index is 13.8.